The minimum Gasteiger partial charge on any atom is -0.441 e. The molecule has 2 heterocycles. The van der Waals surface area contributed by atoms with Crippen molar-refractivity contribution in [1.29, 1.82) is 5.26 Å². The first-order valence-electron chi connectivity index (χ1n) is 8.28. The molecule has 1 unspecified atom stereocenters. The van der Waals surface area contributed by atoms with Crippen molar-refractivity contribution in [1.82, 2.24) is 15.1 Å². The summed E-state index contributed by atoms with van der Waals surface area (Å²) in [6.45, 7) is 5.46. The maximum absolute atomic E-state index is 12.4. The molecule has 3 rings (SSSR count). The van der Waals surface area contributed by atoms with Gasteiger partial charge in [-0.15, -0.1) is 11.3 Å². The number of nitriles is 1. The Hall–Kier alpha value is -3.05. The first-order valence-corrected chi connectivity index (χ1v) is 9.16. The van der Waals surface area contributed by atoms with E-state index in [2.05, 4.69) is 15.1 Å². The molecule has 1 aromatic carbocycles. The van der Waals surface area contributed by atoms with Gasteiger partial charge in [0.05, 0.1) is 11.8 Å². The highest BCUT2D eigenvalue weighted by molar-refractivity contribution is 7.10. The Morgan fingerprint density at radius 3 is 2.67 bits per heavy atom. The molecular weight excluding hydrogens is 364 g/mol. The number of ketones is 1. The summed E-state index contributed by atoms with van der Waals surface area (Å²) in [7, 11) is 0. The number of hydrogen-bond acceptors (Lipinski definition) is 8. The van der Waals surface area contributed by atoms with E-state index in [1.807, 2.05) is 62.6 Å². The second-order valence-electron chi connectivity index (χ2n) is 6.89. The summed E-state index contributed by atoms with van der Waals surface area (Å²) >= 11 is 1.27. The van der Waals surface area contributed by atoms with E-state index < -0.39 is 11.7 Å². The van der Waals surface area contributed by atoms with Crippen LogP contribution in [0.25, 0.3) is 11.3 Å². The second kappa shape index (κ2) is 7.68. The van der Waals surface area contributed by atoms with Crippen molar-refractivity contribution in [2.45, 2.75) is 32.1 Å². The van der Waals surface area contributed by atoms with Crippen LogP contribution >= 0.6 is 11.3 Å². The molecule has 0 spiro atoms. The Kier molecular flexibility index (Phi) is 5.33. The SMILES string of the molecule is CC(C)(C)c1noc(OCC(=O)C(C#N)c2nc(-c3ccccc3)cs2)n1. The molecule has 0 aliphatic heterocycles. The van der Waals surface area contributed by atoms with Gasteiger partial charge in [0, 0.05) is 16.4 Å². The van der Waals surface area contributed by atoms with Gasteiger partial charge < -0.3 is 4.74 Å². The molecule has 0 saturated heterocycles. The van der Waals surface area contributed by atoms with Crippen LogP contribution in [0.4, 0.5) is 0 Å². The average molecular weight is 382 g/mol. The van der Waals surface area contributed by atoms with Crippen molar-refractivity contribution in [3.63, 3.8) is 0 Å². The molecule has 0 N–H and O–H groups in total. The number of rotatable bonds is 6. The van der Waals surface area contributed by atoms with Crippen molar-refractivity contribution in [2.75, 3.05) is 6.61 Å². The Labute approximate surface area is 160 Å². The number of nitrogens with zero attached hydrogens (tertiary/aromatic N) is 4. The highest BCUT2D eigenvalue weighted by atomic mass is 32.1. The average Bonchev–Trinajstić information content (AvgIpc) is 3.31. The number of Topliss-reactive ketones (excluding diaryl/α,β-unsaturated/α-hetero) is 1. The molecule has 0 amide bonds. The summed E-state index contributed by atoms with van der Waals surface area (Å²) in [6, 6.07) is 11.6. The minimum atomic E-state index is -1.00. The van der Waals surface area contributed by atoms with Crippen LogP contribution in [0, 0.1) is 11.3 Å². The normalized spacial score (nSPS) is 12.4. The van der Waals surface area contributed by atoms with Crippen LogP contribution in [0.15, 0.2) is 40.2 Å². The lowest BCUT2D eigenvalue weighted by molar-refractivity contribution is -0.121. The minimum absolute atomic E-state index is 0.0888. The summed E-state index contributed by atoms with van der Waals surface area (Å²) in [5.41, 5.74) is 1.37. The van der Waals surface area contributed by atoms with Gasteiger partial charge in [-0.05, 0) is 0 Å². The number of carbonyl (C=O) groups excluding carboxylic acids is 1. The van der Waals surface area contributed by atoms with Crippen LogP contribution in [0.2, 0.25) is 0 Å². The Morgan fingerprint density at radius 1 is 1.30 bits per heavy atom. The molecule has 0 aliphatic rings. The zero-order valence-electron chi connectivity index (χ0n) is 15.2. The molecule has 7 nitrogen and oxygen atoms in total. The van der Waals surface area contributed by atoms with E-state index in [4.69, 9.17) is 9.26 Å². The summed E-state index contributed by atoms with van der Waals surface area (Å²) in [5, 5.41) is 15.5. The highest BCUT2D eigenvalue weighted by Crippen LogP contribution is 2.27. The number of aromatic nitrogens is 3. The first kappa shape index (κ1) is 18.7. The van der Waals surface area contributed by atoms with Gasteiger partial charge in [-0.1, -0.05) is 56.3 Å². The van der Waals surface area contributed by atoms with Crippen LogP contribution in [0.5, 0.6) is 6.08 Å². The van der Waals surface area contributed by atoms with E-state index in [9.17, 15) is 10.1 Å². The predicted octanol–water partition coefficient (Wildman–Crippen LogP) is 3.75. The lowest BCUT2D eigenvalue weighted by Gasteiger charge is -2.10. The fourth-order valence-corrected chi connectivity index (χ4v) is 3.11. The lowest BCUT2D eigenvalue weighted by Crippen LogP contribution is -2.19. The van der Waals surface area contributed by atoms with Gasteiger partial charge in [0.1, 0.15) is 5.01 Å². The van der Waals surface area contributed by atoms with Crippen LogP contribution in [-0.2, 0) is 10.2 Å². The third kappa shape index (κ3) is 4.38. The molecule has 3 aromatic rings. The predicted molar refractivity (Wildman–Crippen MR) is 99.4 cm³/mol. The summed E-state index contributed by atoms with van der Waals surface area (Å²) < 4.78 is 10.3. The van der Waals surface area contributed by atoms with Gasteiger partial charge in [0.25, 0.3) is 0 Å². The maximum Gasteiger partial charge on any atom is 0.417 e. The van der Waals surface area contributed by atoms with Crippen molar-refractivity contribution in [3.05, 3.63) is 46.5 Å². The maximum atomic E-state index is 12.4. The topological polar surface area (TPSA) is 102 Å². The van der Waals surface area contributed by atoms with Crippen molar-refractivity contribution < 1.29 is 14.1 Å². The first-order chi connectivity index (χ1) is 12.9. The Morgan fingerprint density at radius 2 is 2.04 bits per heavy atom. The molecule has 0 saturated carbocycles. The molecule has 1 atom stereocenters. The molecule has 8 heteroatoms. The lowest BCUT2D eigenvalue weighted by atomic mass is 9.96. The molecule has 2 aromatic heterocycles. The number of ether oxygens (including phenoxy) is 1. The zero-order chi connectivity index (χ0) is 19.4. The van der Waals surface area contributed by atoms with E-state index in [-0.39, 0.29) is 18.1 Å². The largest absolute Gasteiger partial charge is 0.441 e. The van der Waals surface area contributed by atoms with Gasteiger partial charge in [-0.3, -0.25) is 9.32 Å². The smallest absolute Gasteiger partial charge is 0.417 e. The molecule has 0 bridgehead atoms. The monoisotopic (exact) mass is 382 g/mol. The fraction of sp³-hybridized carbons (Fsp3) is 0.316. The number of thiazole rings is 1. The Bertz CT molecular complexity index is 967. The number of carbonyl (C=O) groups is 1. The number of hydrogen-bond donors (Lipinski definition) is 0. The van der Waals surface area contributed by atoms with Crippen LogP contribution in [-0.4, -0.2) is 27.5 Å². The van der Waals surface area contributed by atoms with Crippen LogP contribution in [0.1, 0.15) is 37.5 Å². The van der Waals surface area contributed by atoms with Gasteiger partial charge in [0.15, 0.2) is 24.1 Å². The molecule has 0 aliphatic carbocycles. The van der Waals surface area contributed by atoms with Crippen LogP contribution in [0.3, 0.4) is 0 Å². The fourth-order valence-electron chi connectivity index (χ4n) is 2.22. The quantitative estimate of drug-likeness (QED) is 0.640. The molecule has 0 radical (unpaired) electrons. The standard InChI is InChI=1S/C19H18N4O3S/c1-19(2,3)17-22-18(26-23-17)25-10-15(24)13(9-20)16-21-14(11-27-16)12-7-5-4-6-8-12/h4-8,11,13H,10H2,1-3H3. The van der Waals surface area contributed by atoms with Gasteiger partial charge in [-0.25, -0.2) is 4.98 Å². The van der Waals surface area contributed by atoms with E-state index in [1.54, 1.807) is 0 Å². The van der Waals surface area contributed by atoms with Crippen molar-refractivity contribution in [2.24, 2.45) is 0 Å². The van der Waals surface area contributed by atoms with E-state index in [0.29, 0.717) is 10.8 Å². The van der Waals surface area contributed by atoms with Gasteiger partial charge in [0.2, 0.25) is 0 Å². The van der Waals surface area contributed by atoms with Gasteiger partial charge >= 0.3 is 6.08 Å². The van der Waals surface area contributed by atoms with E-state index in [0.717, 1.165) is 11.3 Å². The summed E-state index contributed by atoms with van der Waals surface area (Å²) in [5.74, 6) is -0.936. The van der Waals surface area contributed by atoms with Crippen molar-refractivity contribution >= 4 is 17.1 Å². The molecular formula is C19H18N4O3S. The van der Waals surface area contributed by atoms with Crippen molar-refractivity contribution in [3.8, 4) is 23.4 Å². The Balaban J connectivity index is 1.67. The van der Waals surface area contributed by atoms with Crippen LogP contribution < -0.4 is 4.74 Å². The second-order valence-corrected chi connectivity index (χ2v) is 7.78. The number of benzene rings is 1. The van der Waals surface area contributed by atoms with Gasteiger partial charge in [-0.2, -0.15) is 10.2 Å². The summed E-state index contributed by atoms with van der Waals surface area (Å²) in [6.07, 6.45) is -0.0888. The third-order valence-electron chi connectivity index (χ3n) is 3.71. The van der Waals surface area contributed by atoms with E-state index in [1.165, 1.54) is 11.3 Å². The third-order valence-corrected chi connectivity index (χ3v) is 4.62. The molecule has 138 valence electrons. The summed E-state index contributed by atoms with van der Waals surface area (Å²) in [4.78, 5) is 21.0. The highest BCUT2D eigenvalue weighted by Gasteiger charge is 2.26. The molecule has 0 fully saturated rings. The zero-order valence-corrected chi connectivity index (χ0v) is 16.0. The van der Waals surface area contributed by atoms with E-state index >= 15 is 0 Å². The molecule has 27 heavy (non-hydrogen) atoms.